The molecule has 0 saturated heterocycles. The second kappa shape index (κ2) is 6.97. The van der Waals surface area contributed by atoms with E-state index in [-0.39, 0.29) is 0 Å². The Morgan fingerprint density at radius 3 is 2.75 bits per heavy atom. The fourth-order valence-electron chi connectivity index (χ4n) is 2.38. The third-order valence-corrected chi connectivity index (χ3v) is 3.96. The summed E-state index contributed by atoms with van der Waals surface area (Å²) < 4.78 is 7.01. The molecule has 4 heteroatoms. The largest absolute Gasteiger partial charge is 0.458 e. The van der Waals surface area contributed by atoms with E-state index < -0.39 is 0 Å². The van der Waals surface area contributed by atoms with Crippen LogP contribution in [-0.4, -0.2) is 6.54 Å². The number of benzene rings is 1. The van der Waals surface area contributed by atoms with Crippen molar-refractivity contribution in [3.63, 3.8) is 0 Å². The highest BCUT2D eigenvalue weighted by Crippen LogP contribution is 2.35. The van der Waals surface area contributed by atoms with Crippen LogP contribution in [0.5, 0.6) is 0 Å². The molecule has 1 aromatic carbocycles. The quantitative estimate of drug-likeness (QED) is 0.685. The molecule has 0 bridgehead atoms. The van der Waals surface area contributed by atoms with Crippen LogP contribution >= 0.6 is 27.5 Å². The minimum absolute atomic E-state index is 0.582. The van der Waals surface area contributed by atoms with E-state index >= 15 is 0 Å². The highest BCUT2D eigenvalue weighted by atomic mass is 79.9. The first-order chi connectivity index (χ1) is 9.52. The lowest BCUT2D eigenvalue weighted by molar-refractivity contribution is 0.501. The first-order valence-electron chi connectivity index (χ1n) is 7.13. The Labute approximate surface area is 134 Å². The highest BCUT2D eigenvalue weighted by molar-refractivity contribution is 9.10. The van der Waals surface area contributed by atoms with Crippen molar-refractivity contribution in [2.45, 2.75) is 40.2 Å². The highest BCUT2D eigenvalue weighted by Gasteiger charge is 2.17. The van der Waals surface area contributed by atoms with Crippen LogP contribution in [0.4, 0.5) is 0 Å². The lowest BCUT2D eigenvalue weighted by Gasteiger charge is -2.07. The third-order valence-electron chi connectivity index (χ3n) is 3.22. The van der Waals surface area contributed by atoms with Crippen LogP contribution < -0.4 is 5.32 Å². The molecule has 0 atom stereocenters. The summed E-state index contributed by atoms with van der Waals surface area (Å²) in [6, 6.07) is 3.99. The van der Waals surface area contributed by atoms with E-state index in [0.717, 1.165) is 47.1 Å². The van der Waals surface area contributed by atoms with E-state index in [2.05, 4.69) is 48.1 Å². The number of fused-ring (bicyclic) bond motifs is 1. The summed E-state index contributed by atoms with van der Waals surface area (Å²) in [6.07, 6.45) is 2.12. The van der Waals surface area contributed by atoms with Crippen LogP contribution in [0, 0.1) is 5.92 Å². The van der Waals surface area contributed by atoms with E-state index in [9.17, 15) is 0 Å². The van der Waals surface area contributed by atoms with Gasteiger partial charge in [0, 0.05) is 15.4 Å². The van der Waals surface area contributed by atoms with Crippen molar-refractivity contribution in [2.24, 2.45) is 5.92 Å². The summed E-state index contributed by atoms with van der Waals surface area (Å²) in [6.45, 7) is 8.37. The SMILES string of the molecule is CCCNCc1oc2c(Cl)cc(Br)cc2c1CC(C)C. The van der Waals surface area contributed by atoms with Gasteiger partial charge in [0.05, 0.1) is 11.6 Å². The van der Waals surface area contributed by atoms with Crippen LogP contribution in [0.1, 0.15) is 38.5 Å². The van der Waals surface area contributed by atoms with Crippen molar-refractivity contribution in [1.29, 1.82) is 0 Å². The topological polar surface area (TPSA) is 25.2 Å². The zero-order valence-electron chi connectivity index (χ0n) is 12.2. The molecule has 0 aliphatic rings. The van der Waals surface area contributed by atoms with Gasteiger partial charge in [0.2, 0.25) is 0 Å². The molecule has 1 aromatic heterocycles. The Balaban J connectivity index is 2.46. The maximum atomic E-state index is 6.30. The van der Waals surface area contributed by atoms with E-state index in [0.29, 0.717) is 10.9 Å². The molecule has 2 rings (SSSR count). The third kappa shape index (κ3) is 3.57. The molecule has 20 heavy (non-hydrogen) atoms. The van der Waals surface area contributed by atoms with Crippen LogP contribution in [0.3, 0.4) is 0 Å². The second-order valence-corrected chi connectivity index (χ2v) is 6.87. The molecule has 0 aliphatic heterocycles. The molecule has 0 aliphatic carbocycles. The first kappa shape index (κ1) is 15.9. The lowest BCUT2D eigenvalue weighted by Crippen LogP contribution is -2.14. The molecular formula is C16H21BrClNO. The molecule has 0 unspecified atom stereocenters. The molecular weight excluding hydrogens is 338 g/mol. The zero-order valence-corrected chi connectivity index (χ0v) is 14.6. The van der Waals surface area contributed by atoms with Crippen molar-refractivity contribution < 1.29 is 4.42 Å². The predicted octanol–water partition coefficient (Wildman–Crippen LogP) is 5.55. The number of rotatable bonds is 6. The Morgan fingerprint density at radius 1 is 1.35 bits per heavy atom. The molecule has 0 fully saturated rings. The maximum absolute atomic E-state index is 6.30. The zero-order chi connectivity index (χ0) is 14.7. The number of halogens is 2. The normalized spacial score (nSPS) is 11.7. The van der Waals surface area contributed by atoms with Gasteiger partial charge in [-0.25, -0.2) is 0 Å². The van der Waals surface area contributed by atoms with Gasteiger partial charge in [0.1, 0.15) is 5.76 Å². The minimum atomic E-state index is 0.582. The van der Waals surface area contributed by atoms with Gasteiger partial charge in [-0.3, -0.25) is 0 Å². The number of nitrogens with one attached hydrogen (secondary N) is 1. The summed E-state index contributed by atoms with van der Waals surface area (Å²) in [7, 11) is 0. The Kier molecular flexibility index (Phi) is 5.53. The minimum Gasteiger partial charge on any atom is -0.458 e. The van der Waals surface area contributed by atoms with Crippen LogP contribution in [0.15, 0.2) is 21.0 Å². The summed E-state index contributed by atoms with van der Waals surface area (Å²) in [5.41, 5.74) is 2.08. The first-order valence-corrected chi connectivity index (χ1v) is 8.30. The van der Waals surface area contributed by atoms with E-state index in [4.69, 9.17) is 16.0 Å². The van der Waals surface area contributed by atoms with Gasteiger partial charge >= 0.3 is 0 Å². The molecule has 110 valence electrons. The van der Waals surface area contributed by atoms with Gasteiger partial charge in [-0.1, -0.05) is 48.3 Å². The van der Waals surface area contributed by atoms with Crippen molar-refractivity contribution in [3.8, 4) is 0 Å². The molecule has 0 saturated carbocycles. The number of hydrogen-bond donors (Lipinski definition) is 1. The van der Waals surface area contributed by atoms with E-state index in [1.54, 1.807) is 0 Å². The predicted molar refractivity (Wildman–Crippen MR) is 89.5 cm³/mol. The Morgan fingerprint density at radius 2 is 2.10 bits per heavy atom. The maximum Gasteiger partial charge on any atom is 0.153 e. The average molecular weight is 359 g/mol. The van der Waals surface area contributed by atoms with E-state index in [1.807, 2.05) is 6.07 Å². The lowest BCUT2D eigenvalue weighted by atomic mass is 10.00. The summed E-state index contributed by atoms with van der Waals surface area (Å²) in [4.78, 5) is 0. The smallest absolute Gasteiger partial charge is 0.153 e. The summed E-state index contributed by atoms with van der Waals surface area (Å²) in [5, 5.41) is 5.21. The molecule has 0 amide bonds. The second-order valence-electron chi connectivity index (χ2n) is 5.54. The molecule has 2 aromatic rings. The van der Waals surface area contributed by atoms with Crippen molar-refractivity contribution >= 4 is 38.5 Å². The Bertz CT molecular complexity index is 592. The summed E-state index contributed by atoms with van der Waals surface area (Å²) >= 11 is 9.82. The van der Waals surface area contributed by atoms with E-state index in [1.165, 1.54) is 5.56 Å². The van der Waals surface area contributed by atoms with Gasteiger partial charge < -0.3 is 9.73 Å². The van der Waals surface area contributed by atoms with Crippen molar-refractivity contribution in [1.82, 2.24) is 5.32 Å². The molecule has 0 spiro atoms. The van der Waals surface area contributed by atoms with Gasteiger partial charge in [0.15, 0.2) is 5.58 Å². The standard InChI is InChI=1S/C16H21BrClNO/c1-4-5-19-9-15-12(6-10(2)3)13-7-11(17)8-14(18)16(13)20-15/h7-8,10,19H,4-6,9H2,1-3H3. The molecule has 2 nitrogen and oxygen atoms in total. The van der Waals surface area contributed by atoms with Gasteiger partial charge in [-0.05, 0) is 37.4 Å². The van der Waals surface area contributed by atoms with Gasteiger partial charge in [0.25, 0.3) is 0 Å². The monoisotopic (exact) mass is 357 g/mol. The van der Waals surface area contributed by atoms with Gasteiger partial charge in [-0.15, -0.1) is 0 Å². The molecule has 1 heterocycles. The fraction of sp³-hybridized carbons (Fsp3) is 0.500. The molecule has 1 N–H and O–H groups in total. The van der Waals surface area contributed by atoms with Crippen LogP contribution in [-0.2, 0) is 13.0 Å². The fourth-order valence-corrected chi connectivity index (χ4v) is 3.22. The van der Waals surface area contributed by atoms with Crippen LogP contribution in [0.25, 0.3) is 11.0 Å². The summed E-state index contributed by atoms with van der Waals surface area (Å²) in [5.74, 6) is 1.60. The number of hydrogen-bond acceptors (Lipinski definition) is 2. The molecule has 0 radical (unpaired) electrons. The Hall–Kier alpha value is -0.510. The average Bonchev–Trinajstić information content (AvgIpc) is 2.68. The van der Waals surface area contributed by atoms with Crippen molar-refractivity contribution in [2.75, 3.05) is 6.54 Å². The van der Waals surface area contributed by atoms with Crippen molar-refractivity contribution in [3.05, 3.63) is 33.0 Å². The van der Waals surface area contributed by atoms with Crippen LogP contribution in [0.2, 0.25) is 5.02 Å². The number of furan rings is 1. The van der Waals surface area contributed by atoms with Gasteiger partial charge in [-0.2, -0.15) is 0 Å².